The molecule has 2 fully saturated rings. The topological polar surface area (TPSA) is 84.4 Å². The number of pyridine rings is 1. The fourth-order valence-corrected chi connectivity index (χ4v) is 5.91. The number of benzene rings is 1. The predicted octanol–water partition coefficient (Wildman–Crippen LogP) is 3.80. The van der Waals surface area contributed by atoms with E-state index in [1.54, 1.807) is 21.1 Å². The van der Waals surface area contributed by atoms with E-state index >= 15 is 0 Å². The highest BCUT2D eigenvalue weighted by Crippen LogP contribution is 2.36. The van der Waals surface area contributed by atoms with Gasteiger partial charge in [-0.05, 0) is 42.5 Å². The molecule has 4 heterocycles. The van der Waals surface area contributed by atoms with Crippen LogP contribution in [0.1, 0.15) is 35.0 Å². The number of amides is 2. The predicted molar refractivity (Wildman–Crippen MR) is 147 cm³/mol. The number of methoxy groups -OCH3 is 2. The van der Waals surface area contributed by atoms with Crippen LogP contribution in [-0.4, -0.2) is 86.3 Å². The Balaban J connectivity index is 1.57. The van der Waals surface area contributed by atoms with Crippen molar-refractivity contribution >= 4 is 39.9 Å². The molecule has 2 aromatic heterocycles. The van der Waals surface area contributed by atoms with Gasteiger partial charge in [0.2, 0.25) is 5.91 Å². The fraction of sp³-hybridized carbons (Fsp3) is 0.464. The van der Waals surface area contributed by atoms with E-state index in [9.17, 15) is 9.59 Å². The monoisotopic (exact) mass is 538 g/mol. The Kier molecular flexibility index (Phi) is 7.99. The lowest BCUT2D eigenvalue weighted by Gasteiger charge is -2.36. The summed E-state index contributed by atoms with van der Waals surface area (Å²) in [6.45, 7) is 5.78. The molecule has 0 unspecified atom stereocenters. The Hall–Kier alpha value is -3.37. The number of nitrogens with zero attached hydrogens (tertiary/aromatic N) is 4. The average Bonchev–Trinajstić information content (AvgIpc) is 3.66. The average molecular weight is 539 g/mol. The first kappa shape index (κ1) is 26.2. The molecule has 202 valence electrons. The van der Waals surface area contributed by atoms with E-state index in [-0.39, 0.29) is 17.9 Å². The van der Waals surface area contributed by atoms with Crippen molar-refractivity contribution in [2.75, 3.05) is 58.5 Å². The van der Waals surface area contributed by atoms with Crippen molar-refractivity contribution in [3.63, 3.8) is 0 Å². The van der Waals surface area contributed by atoms with Crippen LogP contribution in [0.2, 0.25) is 0 Å². The molecular weight excluding hydrogens is 504 g/mol. The Labute approximate surface area is 226 Å². The number of piperazine rings is 1. The molecule has 2 amide bonds. The van der Waals surface area contributed by atoms with E-state index in [0.29, 0.717) is 61.2 Å². The van der Waals surface area contributed by atoms with Crippen LogP contribution in [0.3, 0.4) is 0 Å². The van der Waals surface area contributed by atoms with Crippen molar-refractivity contribution in [2.45, 2.75) is 32.4 Å². The molecule has 10 heteroatoms. The van der Waals surface area contributed by atoms with E-state index in [1.807, 2.05) is 39.4 Å². The van der Waals surface area contributed by atoms with Crippen LogP contribution in [0, 0.1) is 0 Å². The number of rotatable bonds is 8. The fourth-order valence-electron chi connectivity index (χ4n) is 5.22. The first-order valence-electron chi connectivity index (χ1n) is 13.0. The summed E-state index contributed by atoms with van der Waals surface area (Å²) in [7, 11) is 3.27. The van der Waals surface area contributed by atoms with Crippen LogP contribution < -0.4 is 14.4 Å². The van der Waals surface area contributed by atoms with E-state index in [1.165, 1.54) is 11.3 Å². The van der Waals surface area contributed by atoms with Gasteiger partial charge in [-0.1, -0.05) is 6.07 Å². The molecule has 0 bridgehead atoms. The first-order chi connectivity index (χ1) is 18.5. The van der Waals surface area contributed by atoms with Crippen molar-refractivity contribution in [1.82, 2.24) is 14.8 Å². The minimum Gasteiger partial charge on any atom is -0.496 e. The first-order valence-corrected chi connectivity index (χ1v) is 13.9. The zero-order chi connectivity index (χ0) is 26.6. The van der Waals surface area contributed by atoms with Gasteiger partial charge in [-0.15, -0.1) is 11.3 Å². The molecule has 2 aliphatic heterocycles. The van der Waals surface area contributed by atoms with Crippen LogP contribution in [0.5, 0.6) is 11.5 Å². The molecule has 3 aromatic rings. The Morgan fingerprint density at radius 3 is 2.53 bits per heavy atom. The van der Waals surface area contributed by atoms with E-state index in [2.05, 4.69) is 11.0 Å². The molecule has 0 radical (unpaired) electrons. The molecular formula is C28H34N4O5S. The number of thiophene rings is 1. The lowest BCUT2D eigenvalue weighted by molar-refractivity contribution is -0.129. The molecule has 0 saturated carbocycles. The van der Waals surface area contributed by atoms with Crippen LogP contribution >= 0.6 is 11.3 Å². The maximum absolute atomic E-state index is 13.6. The summed E-state index contributed by atoms with van der Waals surface area (Å²) < 4.78 is 17.2. The molecule has 1 aromatic carbocycles. The zero-order valence-corrected chi connectivity index (χ0v) is 23.0. The number of carbonyl (C=O) groups is 2. The zero-order valence-electron chi connectivity index (χ0n) is 22.1. The summed E-state index contributed by atoms with van der Waals surface area (Å²) in [4.78, 5) is 37.3. The normalized spacial score (nSPS) is 17.6. The molecule has 0 spiro atoms. The van der Waals surface area contributed by atoms with Gasteiger partial charge in [0.25, 0.3) is 5.91 Å². The second-order valence-electron chi connectivity index (χ2n) is 9.63. The highest BCUT2D eigenvalue weighted by atomic mass is 32.1. The number of hydrogen-bond acceptors (Lipinski definition) is 8. The number of aromatic nitrogens is 1. The maximum Gasteiger partial charge on any atom is 0.264 e. The van der Waals surface area contributed by atoms with Crippen LogP contribution in [0.15, 0.2) is 35.7 Å². The van der Waals surface area contributed by atoms with Crippen molar-refractivity contribution in [2.24, 2.45) is 0 Å². The van der Waals surface area contributed by atoms with E-state index in [4.69, 9.17) is 19.2 Å². The SMILES string of the molecule is COc1ccc(OC)c2nc(N3CCN(C(C)=O)CC3)c(CN(C[C@H]3CCCO3)C(=O)c3cccs3)cc12. The quantitative estimate of drug-likeness (QED) is 0.431. The van der Waals surface area contributed by atoms with Gasteiger partial charge in [0.1, 0.15) is 22.8 Å². The molecule has 1 atom stereocenters. The van der Waals surface area contributed by atoms with E-state index < -0.39 is 0 Å². The summed E-state index contributed by atoms with van der Waals surface area (Å²) >= 11 is 1.44. The van der Waals surface area contributed by atoms with Crippen molar-refractivity contribution in [1.29, 1.82) is 0 Å². The van der Waals surface area contributed by atoms with Gasteiger partial charge in [-0.3, -0.25) is 9.59 Å². The molecule has 2 saturated heterocycles. The third-order valence-corrected chi connectivity index (χ3v) is 8.11. The lowest BCUT2D eigenvalue weighted by Crippen LogP contribution is -2.48. The van der Waals surface area contributed by atoms with Gasteiger partial charge in [0.15, 0.2) is 0 Å². The molecule has 5 rings (SSSR count). The Morgan fingerprint density at radius 2 is 1.89 bits per heavy atom. The number of fused-ring (bicyclic) bond motifs is 1. The van der Waals surface area contributed by atoms with Crippen LogP contribution in [0.4, 0.5) is 5.82 Å². The summed E-state index contributed by atoms with van der Waals surface area (Å²) in [5.41, 5.74) is 1.62. The van der Waals surface area contributed by atoms with Crippen molar-refractivity contribution in [3.05, 3.63) is 46.2 Å². The minimum absolute atomic E-state index is 0.0134. The number of hydrogen-bond donors (Lipinski definition) is 0. The van der Waals surface area contributed by atoms with Gasteiger partial charge in [-0.25, -0.2) is 4.98 Å². The maximum atomic E-state index is 13.6. The highest BCUT2D eigenvalue weighted by Gasteiger charge is 2.28. The number of ether oxygens (including phenoxy) is 3. The summed E-state index contributed by atoms with van der Waals surface area (Å²) in [6, 6.07) is 9.57. The second kappa shape index (κ2) is 11.6. The second-order valence-corrected chi connectivity index (χ2v) is 10.6. The van der Waals surface area contributed by atoms with E-state index in [0.717, 1.165) is 36.2 Å². The molecule has 0 N–H and O–H groups in total. The van der Waals surface area contributed by atoms with Gasteiger partial charge in [0, 0.05) is 63.7 Å². The third kappa shape index (κ3) is 5.42. The smallest absolute Gasteiger partial charge is 0.264 e. The number of carbonyl (C=O) groups excluding carboxylic acids is 2. The van der Waals surface area contributed by atoms with Gasteiger partial charge < -0.3 is 28.9 Å². The number of anilines is 1. The molecule has 2 aliphatic rings. The largest absolute Gasteiger partial charge is 0.496 e. The van der Waals surface area contributed by atoms with Crippen LogP contribution in [-0.2, 0) is 16.1 Å². The summed E-state index contributed by atoms with van der Waals surface area (Å²) in [5, 5.41) is 2.75. The van der Waals surface area contributed by atoms with Gasteiger partial charge in [0.05, 0.1) is 25.2 Å². The Morgan fingerprint density at radius 1 is 1.13 bits per heavy atom. The highest BCUT2D eigenvalue weighted by molar-refractivity contribution is 7.12. The van der Waals surface area contributed by atoms with Crippen molar-refractivity contribution < 1.29 is 23.8 Å². The molecule has 38 heavy (non-hydrogen) atoms. The summed E-state index contributed by atoms with van der Waals surface area (Å²) in [5.74, 6) is 2.20. The Bertz CT molecular complexity index is 1280. The minimum atomic E-state index is -0.0134. The molecule has 0 aliphatic carbocycles. The lowest BCUT2D eigenvalue weighted by atomic mass is 10.1. The van der Waals surface area contributed by atoms with Crippen molar-refractivity contribution in [3.8, 4) is 11.5 Å². The standard InChI is InChI=1S/C28H34N4O5S/c1-19(33)30-10-12-31(13-11-30)27-20(16-22-23(35-2)8-9-24(36-3)26(22)29-27)17-32(18-21-6-4-14-37-21)28(34)25-7-5-15-38-25/h5,7-9,15-16,21H,4,6,10-14,17-18H2,1-3H3/t21-/m1/s1. The third-order valence-electron chi connectivity index (χ3n) is 7.26. The molecule has 9 nitrogen and oxygen atoms in total. The van der Waals surface area contributed by atoms with Gasteiger partial charge in [-0.2, -0.15) is 0 Å². The van der Waals surface area contributed by atoms with Gasteiger partial charge >= 0.3 is 0 Å². The van der Waals surface area contributed by atoms with Crippen LogP contribution in [0.25, 0.3) is 10.9 Å². The summed E-state index contributed by atoms with van der Waals surface area (Å²) in [6.07, 6.45) is 1.96.